The van der Waals surface area contributed by atoms with E-state index < -0.39 is 0 Å². The van der Waals surface area contributed by atoms with Crippen molar-refractivity contribution in [2.24, 2.45) is 0 Å². The highest BCUT2D eigenvalue weighted by Gasteiger charge is 2.24. The molecule has 0 aliphatic heterocycles. The Hall–Kier alpha value is -0.550. The van der Waals surface area contributed by atoms with Crippen LogP contribution in [0.15, 0.2) is 15.2 Å². The summed E-state index contributed by atoms with van der Waals surface area (Å²) in [5.74, 6) is 0. The molecule has 2 amide bonds. The van der Waals surface area contributed by atoms with Gasteiger partial charge in [0.15, 0.2) is 0 Å². The summed E-state index contributed by atoms with van der Waals surface area (Å²) in [6.45, 7) is 0.667. The van der Waals surface area contributed by atoms with Crippen molar-refractivity contribution >= 4 is 33.3 Å². The lowest BCUT2D eigenvalue weighted by molar-refractivity contribution is 0.206. The van der Waals surface area contributed by atoms with Gasteiger partial charge in [0.2, 0.25) is 0 Å². The standard InChI is InChI=1S/C10H13BrN2OS/c1-13(10(14)12-8-2-3-8)5-7-4-9(11)15-6-7/h4,6,8H,2-3,5H2,1H3,(H,12,14). The van der Waals surface area contributed by atoms with Gasteiger partial charge < -0.3 is 10.2 Å². The normalized spacial score (nSPS) is 15.1. The zero-order valence-electron chi connectivity index (χ0n) is 8.50. The molecule has 1 aromatic heterocycles. The number of rotatable bonds is 3. The second-order valence-corrected chi connectivity index (χ2v) is 6.13. The highest BCUT2D eigenvalue weighted by Crippen LogP contribution is 2.22. The zero-order valence-corrected chi connectivity index (χ0v) is 10.9. The maximum atomic E-state index is 11.6. The third-order valence-electron chi connectivity index (χ3n) is 2.29. The lowest BCUT2D eigenvalue weighted by Crippen LogP contribution is -2.37. The van der Waals surface area contributed by atoms with Gasteiger partial charge in [0.25, 0.3) is 0 Å². The molecule has 1 heterocycles. The summed E-state index contributed by atoms with van der Waals surface area (Å²) >= 11 is 5.05. The SMILES string of the molecule is CN(Cc1csc(Br)c1)C(=O)NC1CC1. The van der Waals surface area contributed by atoms with Crippen LogP contribution >= 0.6 is 27.3 Å². The quantitative estimate of drug-likeness (QED) is 0.911. The van der Waals surface area contributed by atoms with Gasteiger partial charge in [0.05, 0.1) is 3.79 Å². The predicted octanol–water partition coefficient (Wildman–Crippen LogP) is 2.81. The lowest BCUT2D eigenvalue weighted by Gasteiger charge is -2.16. The molecule has 0 spiro atoms. The van der Waals surface area contributed by atoms with Crippen LogP contribution in [0.5, 0.6) is 0 Å². The van der Waals surface area contributed by atoms with Crippen molar-refractivity contribution in [1.29, 1.82) is 0 Å². The summed E-state index contributed by atoms with van der Waals surface area (Å²) in [7, 11) is 1.82. The van der Waals surface area contributed by atoms with Crippen LogP contribution in [-0.2, 0) is 6.54 Å². The maximum absolute atomic E-state index is 11.6. The molecule has 0 radical (unpaired) electrons. The summed E-state index contributed by atoms with van der Waals surface area (Å²) in [6.07, 6.45) is 2.26. The molecule has 3 nitrogen and oxygen atoms in total. The van der Waals surface area contributed by atoms with E-state index in [9.17, 15) is 4.79 Å². The first kappa shape index (κ1) is 11.0. The number of nitrogens with zero attached hydrogens (tertiary/aromatic N) is 1. The molecule has 1 aliphatic carbocycles. The van der Waals surface area contributed by atoms with Crippen LogP contribution in [0.1, 0.15) is 18.4 Å². The van der Waals surface area contributed by atoms with Crippen LogP contribution in [0.4, 0.5) is 4.79 Å². The number of amides is 2. The third-order valence-corrected chi connectivity index (χ3v) is 3.85. The summed E-state index contributed by atoms with van der Waals surface area (Å²) in [4.78, 5) is 13.3. The molecular formula is C10H13BrN2OS. The Labute approximate surface area is 102 Å². The summed E-state index contributed by atoms with van der Waals surface area (Å²) in [5, 5.41) is 5.02. The average molecular weight is 289 g/mol. The molecular weight excluding hydrogens is 276 g/mol. The van der Waals surface area contributed by atoms with Crippen molar-refractivity contribution in [2.45, 2.75) is 25.4 Å². The van der Waals surface area contributed by atoms with E-state index in [4.69, 9.17) is 0 Å². The average Bonchev–Trinajstić information content (AvgIpc) is 2.90. The van der Waals surface area contributed by atoms with Crippen molar-refractivity contribution in [3.05, 3.63) is 20.8 Å². The Kier molecular flexibility index (Phi) is 3.31. The van der Waals surface area contributed by atoms with Gasteiger partial charge in [-0.3, -0.25) is 0 Å². The maximum Gasteiger partial charge on any atom is 0.317 e. The van der Waals surface area contributed by atoms with Gasteiger partial charge in [-0.15, -0.1) is 11.3 Å². The number of hydrogen-bond acceptors (Lipinski definition) is 2. The summed E-state index contributed by atoms with van der Waals surface area (Å²) in [5.41, 5.74) is 1.17. The lowest BCUT2D eigenvalue weighted by atomic mass is 10.3. The van der Waals surface area contributed by atoms with Gasteiger partial charge in [-0.25, -0.2) is 4.79 Å². The number of nitrogens with one attached hydrogen (secondary N) is 1. The molecule has 0 bridgehead atoms. The van der Waals surface area contributed by atoms with Crippen molar-refractivity contribution < 1.29 is 4.79 Å². The smallest absolute Gasteiger partial charge is 0.317 e. The molecule has 82 valence electrons. The van der Waals surface area contributed by atoms with Gasteiger partial charge in [0.1, 0.15) is 0 Å². The number of carbonyl (C=O) groups is 1. The second kappa shape index (κ2) is 4.53. The van der Waals surface area contributed by atoms with Crippen LogP contribution in [0.3, 0.4) is 0 Å². The van der Waals surface area contributed by atoms with E-state index in [0.29, 0.717) is 12.6 Å². The molecule has 0 aromatic carbocycles. The Morgan fingerprint density at radius 3 is 3.00 bits per heavy atom. The Morgan fingerprint density at radius 1 is 1.73 bits per heavy atom. The van der Waals surface area contributed by atoms with Crippen molar-refractivity contribution in [1.82, 2.24) is 10.2 Å². The fraction of sp³-hybridized carbons (Fsp3) is 0.500. The van der Waals surface area contributed by atoms with Crippen LogP contribution in [0.2, 0.25) is 0 Å². The molecule has 15 heavy (non-hydrogen) atoms. The molecule has 0 atom stereocenters. The first-order chi connectivity index (χ1) is 7.15. The van der Waals surface area contributed by atoms with E-state index in [-0.39, 0.29) is 6.03 Å². The molecule has 1 N–H and O–H groups in total. The van der Waals surface area contributed by atoms with Gasteiger partial charge in [0, 0.05) is 19.6 Å². The molecule has 1 aliphatic rings. The fourth-order valence-corrected chi connectivity index (χ4v) is 2.49. The van der Waals surface area contributed by atoms with Crippen LogP contribution in [0, 0.1) is 0 Å². The second-order valence-electron chi connectivity index (χ2n) is 3.84. The molecule has 0 saturated heterocycles. The highest BCUT2D eigenvalue weighted by molar-refractivity contribution is 9.11. The number of urea groups is 1. The Balaban J connectivity index is 1.84. The van der Waals surface area contributed by atoms with Crippen molar-refractivity contribution in [3.63, 3.8) is 0 Å². The minimum atomic E-state index is 0.0276. The first-order valence-electron chi connectivity index (χ1n) is 4.89. The van der Waals surface area contributed by atoms with Gasteiger partial charge in [-0.1, -0.05) is 0 Å². The molecule has 2 rings (SSSR count). The molecule has 1 aromatic rings. The number of carbonyl (C=O) groups excluding carboxylic acids is 1. The Morgan fingerprint density at radius 2 is 2.47 bits per heavy atom. The summed E-state index contributed by atoms with van der Waals surface area (Å²) in [6, 6.07) is 2.50. The highest BCUT2D eigenvalue weighted by atomic mass is 79.9. The van der Waals surface area contributed by atoms with Gasteiger partial charge in [-0.05, 0) is 45.8 Å². The topological polar surface area (TPSA) is 32.3 Å². The number of halogens is 1. The predicted molar refractivity (Wildman–Crippen MR) is 65.0 cm³/mol. The Bertz CT molecular complexity index is 362. The summed E-state index contributed by atoms with van der Waals surface area (Å²) < 4.78 is 1.11. The van der Waals surface area contributed by atoms with E-state index in [1.807, 2.05) is 13.1 Å². The monoisotopic (exact) mass is 288 g/mol. The molecule has 5 heteroatoms. The van der Waals surface area contributed by atoms with Crippen LogP contribution in [0.25, 0.3) is 0 Å². The van der Waals surface area contributed by atoms with E-state index in [1.165, 1.54) is 5.56 Å². The fourth-order valence-electron chi connectivity index (χ4n) is 1.29. The number of hydrogen-bond donors (Lipinski definition) is 1. The minimum Gasteiger partial charge on any atom is -0.335 e. The van der Waals surface area contributed by atoms with Crippen molar-refractivity contribution in [2.75, 3.05) is 7.05 Å². The zero-order chi connectivity index (χ0) is 10.8. The molecule has 0 unspecified atom stereocenters. The van der Waals surface area contributed by atoms with E-state index >= 15 is 0 Å². The van der Waals surface area contributed by atoms with Crippen LogP contribution in [-0.4, -0.2) is 24.0 Å². The van der Waals surface area contributed by atoms with Gasteiger partial charge >= 0.3 is 6.03 Å². The van der Waals surface area contributed by atoms with E-state index in [0.717, 1.165) is 16.6 Å². The third kappa shape index (κ3) is 3.21. The van der Waals surface area contributed by atoms with E-state index in [1.54, 1.807) is 16.2 Å². The molecule has 1 fully saturated rings. The minimum absolute atomic E-state index is 0.0276. The van der Waals surface area contributed by atoms with Crippen LogP contribution < -0.4 is 5.32 Å². The molecule has 1 saturated carbocycles. The first-order valence-corrected chi connectivity index (χ1v) is 6.57. The largest absolute Gasteiger partial charge is 0.335 e. The van der Waals surface area contributed by atoms with Gasteiger partial charge in [-0.2, -0.15) is 0 Å². The van der Waals surface area contributed by atoms with Crippen molar-refractivity contribution in [3.8, 4) is 0 Å². The number of thiophene rings is 1. The van der Waals surface area contributed by atoms with E-state index in [2.05, 4.69) is 26.6 Å².